The molecule has 1 radical (unpaired) electrons. The van der Waals surface area contributed by atoms with Gasteiger partial charge in [0, 0.05) is 0 Å². The largest absolute Gasteiger partial charge is 0.394 e. The summed E-state index contributed by atoms with van der Waals surface area (Å²) >= 11 is 0. The molecule has 1 aliphatic rings. The van der Waals surface area contributed by atoms with E-state index in [1.165, 1.54) is 12.8 Å². The maximum absolute atomic E-state index is 8.72. The van der Waals surface area contributed by atoms with Crippen LogP contribution in [0.3, 0.4) is 0 Å². The molecule has 0 saturated carbocycles. The van der Waals surface area contributed by atoms with Gasteiger partial charge in [-0.2, -0.15) is 0 Å². The van der Waals surface area contributed by atoms with E-state index in [9.17, 15) is 0 Å². The Morgan fingerprint density at radius 1 is 1.44 bits per heavy atom. The first-order chi connectivity index (χ1) is 4.34. The van der Waals surface area contributed by atoms with Gasteiger partial charge in [0.1, 0.15) is 0 Å². The van der Waals surface area contributed by atoms with E-state index in [1.54, 1.807) is 0 Å². The average Bonchev–Trinajstić information content (AvgIpc) is 2.37. The molecule has 53 valence electrons. The zero-order valence-corrected chi connectivity index (χ0v) is 5.93. The van der Waals surface area contributed by atoms with Crippen LogP contribution in [0.25, 0.3) is 0 Å². The van der Waals surface area contributed by atoms with E-state index in [1.807, 2.05) is 6.92 Å². The van der Waals surface area contributed by atoms with Crippen LogP contribution < -0.4 is 0 Å². The van der Waals surface area contributed by atoms with Gasteiger partial charge in [0.25, 0.3) is 0 Å². The van der Waals surface area contributed by atoms with Gasteiger partial charge in [-0.15, -0.1) is 0 Å². The minimum atomic E-state index is 0.222. The lowest BCUT2D eigenvalue weighted by Gasteiger charge is -2.19. The molecule has 0 bridgehead atoms. The van der Waals surface area contributed by atoms with Gasteiger partial charge in [-0.25, -0.2) is 0 Å². The van der Waals surface area contributed by atoms with Crippen LogP contribution >= 0.6 is 0 Å². The van der Waals surface area contributed by atoms with E-state index >= 15 is 0 Å². The summed E-state index contributed by atoms with van der Waals surface area (Å²) in [6.07, 6.45) is 2.58. The predicted molar refractivity (Wildman–Crippen MR) is 36.8 cm³/mol. The summed E-state index contributed by atoms with van der Waals surface area (Å²) in [7, 11) is 0. The molecule has 0 unspecified atom stereocenters. The Labute approximate surface area is 56.5 Å². The minimum Gasteiger partial charge on any atom is -0.394 e. The number of aliphatic hydroxyl groups excluding tert-OH is 1. The lowest BCUT2D eigenvalue weighted by Crippen LogP contribution is -2.25. The molecule has 0 aromatic heterocycles. The number of nitrogens with zero attached hydrogens (tertiary/aromatic N) is 1. The van der Waals surface area contributed by atoms with Gasteiger partial charge in [0.05, 0.1) is 12.6 Å². The number of aliphatic hydroxyl groups is 1. The van der Waals surface area contributed by atoms with Gasteiger partial charge in [0.15, 0.2) is 0 Å². The van der Waals surface area contributed by atoms with Gasteiger partial charge in [-0.3, -0.25) is 4.90 Å². The van der Waals surface area contributed by atoms with E-state index in [0.29, 0.717) is 0 Å². The van der Waals surface area contributed by atoms with Crippen molar-refractivity contribution in [2.75, 3.05) is 19.7 Å². The molecule has 0 aromatic carbocycles. The molecule has 0 amide bonds. The van der Waals surface area contributed by atoms with Crippen LogP contribution in [0.5, 0.6) is 0 Å². The quantitative estimate of drug-likeness (QED) is 0.589. The molecule has 0 aliphatic carbocycles. The van der Waals surface area contributed by atoms with Gasteiger partial charge >= 0.3 is 0 Å². The molecule has 0 spiro atoms. The molecule has 9 heavy (non-hydrogen) atoms. The van der Waals surface area contributed by atoms with E-state index in [4.69, 9.17) is 5.11 Å². The van der Waals surface area contributed by atoms with Crippen molar-refractivity contribution >= 4 is 0 Å². The highest BCUT2D eigenvalue weighted by Crippen LogP contribution is 2.14. The van der Waals surface area contributed by atoms with E-state index in [2.05, 4.69) is 4.90 Å². The number of likely N-dealkylation sites (tertiary alicyclic amines) is 1. The summed E-state index contributed by atoms with van der Waals surface area (Å²) in [6.45, 7) is 4.50. The zero-order valence-electron chi connectivity index (χ0n) is 5.93. The fourth-order valence-electron chi connectivity index (χ4n) is 1.20. The summed E-state index contributed by atoms with van der Waals surface area (Å²) in [5, 5.41) is 8.72. The van der Waals surface area contributed by atoms with Crippen molar-refractivity contribution in [3.8, 4) is 0 Å². The molecule has 1 aliphatic heterocycles. The van der Waals surface area contributed by atoms with Gasteiger partial charge in [0.2, 0.25) is 0 Å². The molecular formula is C7H14NO. The molecule has 2 heteroatoms. The van der Waals surface area contributed by atoms with Crippen molar-refractivity contribution < 1.29 is 5.11 Å². The third-order valence-corrected chi connectivity index (χ3v) is 1.87. The topological polar surface area (TPSA) is 23.5 Å². The van der Waals surface area contributed by atoms with Gasteiger partial charge in [-0.05, 0) is 32.9 Å². The Balaban J connectivity index is 2.24. The number of rotatable bonds is 2. The van der Waals surface area contributed by atoms with Crippen LogP contribution in [0, 0.1) is 6.04 Å². The van der Waals surface area contributed by atoms with E-state index in [0.717, 1.165) is 19.1 Å². The summed E-state index contributed by atoms with van der Waals surface area (Å²) < 4.78 is 0. The van der Waals surface area contributed by atoms with E-state index in [-0.39, 0.29) is 6.61 Å². The zero-order chi connectivity index (χ0) is 6.69. The van der Waals surface area contributed by atoms with Crippen LogP contribution in [0.2, 0.25) is 0 Å². The standard InChI is InChI=1S/C7H14NO/c1-7(6-9)8-4-2-3-5-8/h9H,2-6H2,1H3. The molecule has 1 saturated heterocycles. The fourth-order valence-corrected chi connectivity index (χ4v) is 1.20. The number of hydrogen-bond acceptors (Lipinski definition) is 2. The Morgan fingerprint density at radius 2 is 2.00 bits per heavy atom. The van der Waals surface area contributed by atoms with Crippen molar-refractivity contribution in [3.05, 3.63) is 6.04 Å². The normalized spacial score (nSPS) is 21.7. The lowest BCUT2D eigenvalue weighted by molar-refractivity contribution is 0.227. The first-order valence-electron chi connectivity index (χ1n) is 3.53. The maximum atomic E-state index is 8.72. The first kappa shape index (κ1) is 7.03. The molecule has 1 N–H and O–H groups in total. The van der Waals surface area contributed by atoms with Crippen LogP contribution in [0.15, 0.2) is 0 Å². The Bertz CT molecular complexity index is 79.0. The van der Waals surface area contributed by atoms with Crippen molar-refractivity contribution in [2.24, 2.45) is 0 Å². The van der Waals surface area contributed by atoms with Crippen molar-refractivity contribution in [3.63, 3.8) is 0 Å². The summed E-state index contributed by atoms with van der Waals surface area (Å²) in [6, 6.07) is 1.12. The van der Waals surface area contributed by atoms with Crippen molar-refractivity contribution in [1.82, 2.24) is 4.90 Å². The monoisotopic (exact) mass is 128 g/mol. The highest BCUT2D eigenvalue weighted by molar-refractivity contribution is 4.86. The summed E-state index contributed by atoms with van der Waals surface area (Å²) in [5.41, 5.74) is 0. The second-order valence-electron chi connectivity index (χ2n) is 2.59. The SMILES string of the molecule is C[C](CO)N1CCCC1. The molecule has 1 rings (SSSR count). The highest BCUT2D eigenvalue weighted by Gasteiger charge is 2.16. The van der Waals surface area contributed by atoms with Crippen molar-refractivity contribution in [2.45, 2.75) is 19.8 Å². The maximum Gasteiger partial charge on any atom is 0.0631 e. The van der Waals surface area contributed by atoms with Gasteiger partial charge < -0.3 is 5.11 Å². The van der Waals surface area contributed by atoms with E-state index < -0.39 is 0 Å². The van der Waals surface area contributed by atoms with Crippen LogP contribution in [0.4, 0.5) is 0 Å². The van der Waals surface area contributed by atoms with Crippen LogP contribution in [-0.2, 0) is 0 Å². The second-order valence-corrected chi connectivity index (χ2v) is 2.59. The Hall–Kier alpha value is -0.0800. The third kappa shape index (κ3) is 1.66. The fraction of sp³-hybridized carbons (Fsp3) is 0.857. The predicted octanol–water partition coefficient (Wildman–Crippen LogP) is 0.626. The molecule has 1 fully saturated rings. The lowest BCUT2D eigenvalue weighted by atomic mass is 10.3. The van der Waals surface area contributed by atoms with Crippen LogP contribution in [0.1, 0.15) is 19.8 Å². The molecular weight excluding hydrogens is 114 g/mol. The molecule has 0 atom stereocenters. The first-order valence-corrected chi connectivity index (χ1v) is 3.53. The Kier molecular flexibility index (Phi) is 2.49. The molecule has 0 aromatic rings. The second kappa shape index (κ2) is 3.18. The molecule has 1 heterocycles. The number of hydrogen-bond donors (Lipinski definition) is 1. The van der Waals surface area contributed by atoms with Crippen molar-refractivity contribution in [1.29, 1.82) is 0 Å². The highest BCUT2D eigenvalue weighted by atomic mass is 16.3. The smallest absolute Gasteiger partial charge is 0.0631 e. The van der Waals surface area contributed by atoms with Gasteiger partial charge in [-0.1, -0.05) is 0 Å². The summed E-state index contributed by atoms with van der Waals surface area (Å²) in [4.78, 5) is 2.25. The van der Waals surface area contributed by atoms with Crippen LogP contribution in [-0.4, -0.2) is 29.7 Å². The third-order valence-electron chi connectivity index (χ3n) is 1.87. The summed E-state index contributed by atoms with van der Waals surface area (Å²) in [5.74, 6) is 0. The Morgan fingerprint density at radius 3 is 2.44 bits per heavy atom. The minimum absolute atomic E-state index is 0.222. The molecule has 2 nitrogen and oxygen atoms in total. The average molecular weight is 128 g/mol.